The van der Waals surface area contributed by atoms with Gasteiger partial charge < -0.3 is 14.8 Å². The average molecular weight is 590 g/mol. The van der Waals surface area contributed by atoms with Gasteiger partial charge >= 0.3 is 5.97 Å². The Labute approximate surface area is 237 Å². The molecular weight excluding hydrogens is 567 g/mol. The largest absolute Gasteiger partial charge is 0.496 e. The summed E-state index contributed by atoms with van der Waals surface area (Å²) in [7, 11) is 2.86. The number of halogens is 2. The molecule has 8 nitrogen and oxygen atoms in total. The van der Waals surface area contributed by atoms with E-state index < -0.39 is 5.97 Å². The molecule has 0 saturated carbocycles. The van der Waals surface area contributed by atoms with E-state index in [1.807, 2.05) is 4.57 Å². The van der Waals surface area contributed by atoms with Gasteiger partial charge in [0.1, 0.15) is 16.3 Å². The minimum atomic E-state index is -0.551. The number of esters is 1. The molecule has 196 valence electrons. The second kappa shape index (κ2) is 12.5. The summed E-state index contributed by atoms with van der Waals surface area (Å²) in [5.41, 5.74) is 2.37. The Kier molecular flexibility index (Phi) is 9.11. The lowest BCUT2D eigenvalue weighted by Crippen LogP contribution is -2.16. The van der Waals surface area contributed by atoms with Crippen molar-refractivity contribution < 1.29 is 19.1 Å². The molecule has 1 N–H and O–H groups in total. The van der Waals surface area contributed by atoms with Crippen LogP contribution in [0, 0.1) is 0 Å². The highest BCUT2D eigenvalue weighted by atomic mass is 35.5. The Morgan fingerprint density at radius 1 is 1.11 bits per heavy atom. The quantitative estimate of drug-likeness (QED) is 0.125. The first-order valence-electron chi connectivity index (χ1n) is 11.1. The molecule has 0 aliphatic rings. The zero-order valence-electron chi connectivity index (χ0n) is 20.4. The summed E-state index contributed by atoms with van der Waals surface area (Å²) < 4.78 is 12.3. The highest BCUT2D eigenvalue weighted by Crippen LogP contribution is 2.37. The van der Waals surface area contributed by atoms with Gasteiger partial charge in [-0.25, -0.2) is 4.79 Å². The standard InChI is InChI=1S/C26H22Cl2N4O4S2/c1-4-11-32-23(18-12-17(28)9-10-20(18)35-2)30-31-26(32)38-14-21(33)29-24-22(25(34)36-3)19(13-37-24)15-5-7-16(27)8-6-15/h4-10,12-13H,1,11,14H2,2-3H3,(H,29,33). The van der Waals surface area contributed by atoms with Crippen molar-refractivity contribution in [1.29, 1.82) is 0 Å². The number of nitrogens with zero attached hydrogens (tertiary/aromatic N) is 3. The zero-order valence-corrected chi connectivity index (χ0v) is 23.5. The van der Waals surface area contributed by atoms with E-state index in [4.69, 9.17) is 32.7 Å². The molecule has 2 heterocycles. The van der Waals surface area contributed by atoms with Gasteiger partial charge in [-0.2, -0.15) is 0 Å². The molecule has 0 bridgehead atoms. The third-order valence-electron chi connectivity index (χ3n) is 5.35. The SMILES string of the molecule is C=CCn1c(SCC(=O)Nc2scc(-c3ccc(Cl)cc3)c2C(=O)OC)nnc1-c1cc(Cl)ccc1OC. The maximum absolute atomic E-state index is 12.9. The van der Waals surface area contributed by atoms with Gasteiger partial charge in [-0.05, 0) is 35.9 Å². The van der Waals surface area contributed by atoms with E-state index in [9.17, 15) is 9.59 Å². The maximum Gasteiger partial charge on any atom is 0.341 e. The average Bonchev–Trinajstić information content (AvgIpc) is 3.51. The lowest BCUT2D eigenvalue weighted by Gasteiger charge is -2.11. The maximum atomic E-state index is 12.9. The molecular formula is C26H22Cl2N4O4S2. The van der Waals surface area contributed by atoms with Crippen molar-refractivity contribution in [3.05, 3.63) is 76.1 Å². The summed E-state index contributed by atoms with van der Waals surface area (Å²) in [6, 6.07) is 12.3. The van der Waals surface area contributed by atoms with E-state index in [1.54, 1.807) is 61.0 Å². The predicted molar refractivity (Wildman–Crippen MR) is 153 cm³/mol. The van der Waals surface area contributed by atoms with Crippen LogP contribution in [0.15, 0.2) is 65.7 Å². The smallest absolute Gasteiger partial charge is 0.341 e. The molecule has 12 heteroatoms. The highest BCUT2D eigenvalue weighted by molar-refractivity contribution is 7.99. The fourth-order valence-corrected chi connectivity index (χ4v) is 5.65. The molecule has 38 heavy (non-hydrogen) atoms. The minimum Gasteiger partial charge on any atom is -0.496 e. The number of methoxy groups -OCH3 is 2. The number of hydrogen-bond donors (Lipinski definition) is 1. The van der Waals surface area contributed by atoms with Gasteiger partial charge in [-0.3, -0.25) is 9.36 Å². The van der Waals surface area contributed by atoms with Crippen LogP contribution in [-0.2, 0) is 16.1 Å². The van der Waals surface area contributed by atoms with Crippen molar-refractivity contribution >= 4 is 63.2 Å². The van der Waals surface area contributed by atoms with Crippen LogP contribution in [0.3, 0.4) is 0 Å². The van der Waals surface area contributed by atoms with Crippen molar-refractivity contribution in [3.63, 3.8) is 0 Å². The van der Waals surface area contributed by atoms with Gasteiger partial charge in [0.15, 0.2) is 11.0 Å². The van der Waals surface area contributed by atoms with Gasteiger partial charge in [0.25, 0.3) is 0 Å². The third kappa shape index (κ3) is 6.05. The molecule has 0 unspecified atom stereocenters. The molecule has 0 aliphatic heterocycles. The van der Waals surface area contributed by atoms with Gasteiger partial charge in [-0.1, -0.05) is 53.2 Å². The van der Waals surface area contributed by atoms with Crippen LogP contribution < -0.4 is 10.1 Å². The topological polar surface area (TPSA) is 95.3 Å². The highest BCUT2D eigenvalue weighted by Gasteiger charge is 2.23. The summed E-state index contributed by atoms with van der Waals surface area (Å²) in [5.74, 6) is 0.276. The monoisotopic (exact) mass is 588 g/mol. The normalized spacial score (nSPS) is 10.7. The first-order chi connectivity index (χ1) is 18.4. The van der Waals surface area contributed by atoms with Gasteiger partial charge in [0.05, 0.1) is 25.5 Å². The van der Waals surface area contributed by atoms with Crippen LogP contribution in [-0.4, -0.2) is 46.6 Å². The summed E-state index contributed by atoms with van der Waals surface area (Å²) in [5, 5.41) is 15.2. The van der Waals surface area contributed by atoms with E-state index in [-0.39, 0.29) is 17.2 Å². The summed E-state index contributed by atoms with van der Waals surface area (Å²) in [4.78, 5) is 25.5. The van der Waals surface area contributed by atoms with E-state index in [2.05, 4.69) is 22.1 Å². The molecule has 0 atom stereocenters. The van der Waals surface area contributed by atoms with Crippen molar-refractivity contribution in [2.75, 3.05) is 25.3 Å². The minimum absolute atomic E-state index is 0.0246. The Morgan fingerprint density at radius 3 is 2.53 bits per heavy atom. The fourth-order valence-electron chi connectivity index (χ4n) is 3.63. The molecule has 0 aliphatic carbocycles. The van der Waals surface area contributed by atoms with Crippen LogP contribution in [0.1, 0.15) is 10.4 Å². The number of carbonyl (C=O) groups excluding carboxylic acids is 2. The first kappa shape index (κ1) is 27.7. The number of hydrogen-bond acceptors (Lipinski definition) is 8. The Bertz CT molecular complexity index is 1490. The van der Waals surface area contributed by atoms with Crippen molar-refractivity contribution in [2.24, 2.45) is 0 Å². The number of benzene rings is 2. The number of anilines is 1. The number of allylic oxidation sites excluding steroid dienone is 1. The van der Waals surface area contributed by atoms with E-state index in [0.29, 0.717) is 49.4 Å². The van der Waals surface area contributed by atoms with Crippen LogP contribution in [0.25, 0.3) is 22.5 Å². The van der Waals surface area contributed by atoms with Crippen LogP contribution in [0.4, 0.5) is 5.00 Å². The molecule has 1 amide bonds. The van der Waals surface area contributed by atoms with Crippen molar-refractivity contribution in [1.82, 2.24) is 14.8 Å². The number of aromatic nitrogens is 3. The molecule has 4 rings (SSSR count). The number of carbonyl (C=O) groups is 2. The number of nitrogens with one attached hydrogen (secondary N) is 1. The first-order valence-corrected chi connectivity index (χ1v) is 13.7. The molecule has 2 aromatic carbocycles. The van der Waals surface area contributed by atoms with Crippen LogP contribution >= 0.6 is 46.3 Å². The van der Waals surface area contributed by atoms with E-state index in [0.717, 1.165) is 5.56 Å². The zero-order chi connectivity index (χ0) is 27.2. The lowest BCUT2D eigenvalue weighted by molar-refractivity contribution is -0.113. The van der Waals surface area contributed by atoms with Crippen molar-refractivity contribution in [2.45, 2.75) is 11.7 Å². The summed E-state index contributed by atoms with van der Waals surface area (Å²) >= 11 is 14.6. The van der Waals surface area contributed by atoms with Crippen LogP contribution in [0.5, 0.6) is 5.75 Å². The second-order valence-electron chi connectivity index (χ2n) is 7.74. The number of ether oxygens (including phenoxy) is 2. The second-order valence-corrected chi connectivity index (χ2v) is 10.4. The summed E-state index contributed by atoms with van der Waals surface area (Å²) in [6.45, 7) is 4.22. The summed E-state index contributed by atoms with van der Waals surface area (Å²) in [6.07, 6.45) is 1.71. The number of thiophene rings is 1. The molecule has 0 fully saturated rings. The Balaban J connectivity index is 1.55. The fraction of sp³-hybridized carbons (Fsp3) is 0.154. The molecule has 2 aromatic heterocycles. The number of amides is 1. The Hall–Kier alpha value is -3.31. The van der Waals surface area contributed by atoms with Gasteiger partial charge in [-0.15, -0.1) is 28.1 Å². The Morgan fingerprint density at radius 2 is 1.84 bits per heavy atom. The molecule has 0 radical (unpaired) electrons. The number of thioether (sulfide) groups is 1. The lowest BCUT2D eigenvalue weighted by atomic mass is 10.0. The molecule has 0 spiro atoms. The van der Waals surface area contributed by atoms with Crippen molar-refractivity contribution in [3.8, 4) is 28.3 Å². The van der Waals surface area contributed by atoms with Gasteiger partial charge in [0.2, 0.25) is 5.91 Å². The molecule has 4 aromatic rings. The number of rotatable bonds is 10. The predicted octanol–water partition coefficient (Wildman–Crippen LogP) is 6.69. The van der Waals surface area contributed by atoms with Gasteiger partial charge in [0, 0.05) is 27.5 Å². The molecule has 0 saturated heterocycles. The van der Waals surface area contributed by atoms with E-state index >= 15 is 0 Å². The van der Waals surface area contributed by atoms with Crippen LogP contribution in [0.2, 0.25) is 10.0 Å². The van der Waals surface area contributed by atoms with E-state index in [1.165, 1.54) is 30.2 Å². The third-order valence-corrected chi connectivity index (χ3v) is 7.70.